The molecule has 0 saturated heterocycles. The molecule has 0 radical (unpaired) electrons. The van der Waals surface area contributed by atoms with Gasteiger partial charge in [0.25, 0.3) is 0 Å². The largest absolute Gasteiger partial charge is 0.493 e. The zero-order valence-corrected chi connectivity index (χ0v) is 9.34. The number of nitrogen functional groups attached to an aromatic ring is 1. The van der Waals surface area contributed by atoms with Crippen LogP contribution >= 0.6 is 12.4 Å². The van der Waals surface area contributed by atoms with E-state index in [4.69, 9.17) is 16.2 Å². The van der Waals surface area contributed by atoms with Crippen LogP contribution < -0.4 is 16.2 Å². The first-order chi connectivity index (χ1) is 6.59. The van der Waals surface area contributed by atoms with E-state index in [1.165, 1.54) is 0 Å². The van der Waals surface area contributed by atoms with Gasteiger partial charge in [0.15, 0.2) is 0 Å². The molecule has 0 aliphatic carbocycles. The lowest BCUT2D eigenvalue weighted by Crippen LogP contribution is -2.14. The van der Waals surface area contributed by atoms with Crippen molar-refractivity contribution in [2.75, 3.05) is 12.3 Å². The number of rotatable bonds is 4. The van der Waals surface area contributed by atoms with Crippen LogP contribution in [0.3, 0.4) is 0 Å². The van der Waals surface area contributed by atoms with Crippen LogP contribution in [-0.4, -0.2) is 12.5 Å². The molecule has 4 N–H and O–H groups in total. The first-order valence-corrected chi connectivity index (χ1v) is 4.37. The number of aryl methyl sites for hydroxylation is 1. The predicted molar refractivity (Wildman–Crippen MR) is 62.1 cm³/mol. The van der Waals surface area contributed by atoms with E-state index in [9.17, 15) is 4.79 Å². The monoisotopic (exact) mass is 230 g/mol. The standard InChI is InChI=1S/C10H14N2O2.ClH/c1-7-6-8(2-3-9(7)11)14-5-4-10(12)13;/h2-3,6H,4-5,11H2,1H3,(H2,12,13);1H. The van der Waals surface area contributed by atoms with Crippen LogP contribution in [0.25, 0.3) is 0 Å². The van der Waals surface area contributed by atoms with E-state index < -0.39 is 0 Å². The second kappa shape index (κ2) is 6.14. The molecule has 0 saturated carbocycles. The van der Waals surface area contributed by atoms with E-state index >= 15 is 0 Å². The normalized spacial score (nSPS) is 9.13. The number of anilines is 1. The third-order valence-corrected chi connectivity index (χ3v) is 1.86. The molecule has 0 aliphatic rings. The van der Waals surface area contributed by atoms with E-state index in [1.807, 2.05) is 13.0 Å². The smallest absolute Gasteiger partial charge is 0.220 e. The maximum absolute atomic E-state index is 10.4. The maximum Gasteiger partial charge on any atom is 0.220 e. The summed E-state index contributed by atoms with van der Waals surface area (Å²) in [6.45, 7) is 2.20. The third kappa shape index (κ3) is 4.56. The van der Waals surface area contributed by atoms with E-state index in [2.05, 4.69) is 0 Å². The summed E-state index contributed by atoms with van der Waals surface area (Å²) < 4.78 is 5.30. The van der Waals surface area contributed by atoms with Gasteiger partial charge in [-0.2, -0.15) is 0 Å². The topological polar surface area (TPSA) is 78.3 Å². The van der Waals surface area contributed by atoms with Crippen LogP contribution in [0.15, 0.2) is 18.2 Å². The first-order valence-electron chi connectivity index (χ1n) is 4.37. The van der Waals surface area contributed by atoms with Gasteiger partial charge in [-0.25, -0.2) is 0 Å². The van der Waals surface area contributed by atoms with Gasteiger partial charge in [-0.1, -0.05) is 0 Å². The first kappa shape index (κ1) is 13.6. The highest BCUT2D eigenvalue weighted by Gasteiger charge is 1.99. The lowest BCUT2D eigenvalue weighted by Gasteiger charge is -2.06. The number of nitrogens with two attached hydrogens (primary N) is 2. The molecular formula is C10H15ClN2O2. The van der Waals surface area contributed by atoms with Gasteiger partial charge < -0.3 is 16.2 Å². The zero-order chi connectivity index (χ0) is 10.6. The van der Waals surface area contributed by atoms with Crippen LogP contribution in [0.1, 0.15) is 12.0 Å². The Balaban J connectivity index is 0.00000196. The Morgan fingerprint density at radius 3 is 2.67 bits per heavy atom. The Labute approximate surface area is 95.0 Å². The summed E-state index contributed by atoms with van der Waals surface area (Å²) in [7, 11) is 0. The van der Waals surface area contributed by atoms with E-state index in [0.29, 0.717) is 12.4 Å². The second-order valence-electron chi connectivity index (χ2n) is 3.08. The van der Waals surface area contributed by atoms with Gasteiger partial charge >= 0.3 is 0 Å². The Morgan fingerprint density at radius 1 is 1.47 bits per heavy atom. The van der Waals surface area contributed by atoms with Crippen LogP contribution in [0, 0.1) is 6.92 Å². The van der Waals surface area contributed by atoms with E-state index in [0.717, 1.165) is 11.3 Å². The lowest BCUT2D eigenvalue weighted by molar-refractivity contribution is -0.118. The zero-order valence-electron chi connectivity index (χ0n) is 8.53. The average molecular weight is 231 g/mol. The fourth-order valence-corrected chi connectivity index (χ4v) is 1.01. The SMILES string of the molecule is Cc1cc(OCCC(N)=O)ccc1N.Cl. The van der Waals surface area contributed by atoms with Crippen molar-refractivity contribution >= 4 is 24.0 Å². The van der Waals surface area contributed by atoms with Crippen molar-refractivity contribution in [2.24, 2.45) is 5.73 Å². The predicted octanol–water partition coefficient (Wildman–Crippen LogP) is 1.25. The molecule has 15 heavy (non-hydrogen) atoms. The molecular weight excluding hydrogens is 216 g/mol. The molecule has 0 unspecified atom stereocenters. The highest BCUT2D eigenvalue weighted by molar-refractivity contribution is 5.85. The molecule has 1 amide bonds. The number of primary amides is 1. The van der Waals surface area contributed by atoms with Gasteiger partial charge in [0.05, 0.1) is 13.0 Å². The van der Waals surface area contributed by atoms with Gasteiger partial charge in [0.2, 0.25) is 5.91 Å². The van der Waals surface area contributed by atoms with Crippen molar-refractivity contribution in [3.05, 3.63) is 23.8 Å². The van der Waals surface area contributed by atoms with E-state index in [1.54, 1.807) is 12.1 Å². The van der Waals surface area contributed by atoms with Gasteiger partial charge in [0.1, 0.15) is 5.75 Å². The number of amides is 1. The molecule has 1 aromatic rings. The van der Waals surface area contributed by atoms with Crippen LogP contribution in [0.2, 0.25) is 0 Å². The molecule has 4 nitrogen and oxygen atoms in total. The molecule has 0 spiro atoms. The van der Waals surface area contributed by atoms with Gasteiger partial charge in [-0.3, -0.25) is 4.79 Å². The van der Waals surface area contributed by atoms with Crippen LogP contribution in [0.5, 0.6) is 5.75 Å². The molecule has 1 rings (SSSR count). The average Bonchev–Trinajstić information content (AvgIpc) is 2.10. The van der Waals surface area contributed by atoms with Crippen LogP contribution in [0.4, 0.5) is 5.69 Å². The number of carbonyl (C=O) groups is 1. The second-order valence-corrected chi connectivity index (χ2v) is 3.08. The minimum Gasteiger partial charge on any atom is -0.493 e. The fraction of sp³-hybridized carbons (Fsp3) is 0.300. The van der Waals surface area contributed by atoms with Gasteiger partial charge in [0, 0.05) is 5.69 Å². The van der Waals surface area contributed by atoms with E-state index in [-0.39, 0.29) is 24.7 Å². The van der Waals surface area contributed by atoms with Crippen LogP contribution in [-0.2, 0) is 4.79 Å². The summed E-state index contributed by atoms with van der Waals surface area (Å²) in [4.78, 5) is 10.4. The molecule has 0 bridgehead atoms. The minimum absolute atomic E-state index is 0. The summed E-state index contributed by atoms with van der Waals surface area (Å²) in [5.41, 5.74) is 12.3. The molecule has 0 atom stereocenters. The number of halogens is 1. The number of hydrogen-bond donors (Lipinski definition) is 2. The lowest BCUT2D eigenvalue weighted by atomic mass is 10.2. The van der Waals surface area contributed by atoms with Crippen molar-refractivity contribution in [3.63, 3.8) is 0 Å². The highest BCUT2D eigenvalue weighted by atomic mass is 35.5. The van der Waals surface area contributed by atoms with Crippen molar-refractivity contribution in [3.8, 4) is 5.75 Å². The molecule has 0 aromatic heterocycles. The van der Waals surface area contributed by atoms with Crippen molar-refractivity contribution in [1.82, 2.24) is 0 Å². The van der Waals surface area contributed by atoms with Gasteiger partial charge in [-0.05, 0) is 30.7 Å². The van der Waals surface area contributed by atoms with Crippen molar-refractivity contribution < 1.29 is 9.53 Å². The summed E-state index contributed by atoms with van der Waals surface area (Å²) in [5.74, 6) is 0.343. The summed E-state index contributed by atoms with van der Waals surface area (Å²) in [5, 5.41) is 0. The number of carbonyl (C=O) groups excluding carboxylic acids is 1. The fourth-order valence-electron chi connectivity index (χ4n) is 1.01. The third-order valence-electron chi connectivity index (χ3n) is 1.86. The number of hydrogen-bond acceptors (Lipinski definition) is 3. The van der Waals surface area contributed by atoms with Crippen molar-refractivity contribution in [2.45, 2.75) is 13.3 Å². The Bertz CT molecular complexity index is 342. The molecule has 1 aromatic carbocycles. The maximum atomic E-state index is 10.4. The molecule has 5 heteroatoms. The Morgan fingerprint density at radius 2 is 2.13 bits per heavy atom. The summed E-state index contributed by atoms with van der Waals surface area (Å²) in [6.07, 6.45) is 0.226. The molecule has 0 heterocycles. The Kier molecular flexibility index (Phi) is 5.56. The number of ether oxygens (including phenoxy) is 1. The molecule has 84 valence electrons. The summed E-state index contributed by atoms with van der Waals surface area (Å²) in [6, 6.07) is 5.37. The quantitative estimate of drug-likeness (QED) is 0.765. The molecule has 0 aliphatic heterocycles. The minimum atomic E-state index is -0.364. The summed E-state index contributed by atoms with van der Waals surface area (Å²) >= 11 is 0. The number of benzene rings is 1. The highest BCUT2D eigenvalue weighted by Crippen LogP contribution is 2.18. The van der Waals surface area contributed by atoms with Crippen molar-refractivity contribution in [1.29, 1.82) is 0 Å². The molecule has 0 fully saturated rings. The van der Waals surface area contributed by atoms with Gasteiger partial charge in [-0.15, -0.1) is 12.4 Å². The Hall–Kier alpha value is -1.42.